The fourth-order valence-electron chi connectivity index (χ4n) is 4.14. The van der Waals surface area contributed by atoms with E-state index in [-0.39, 0.29) is 25.0 Å². The minimum Gasteiger partial charge on any atom is -0.467 e. The molecule has 4 rings (SSSR count). The van der Waals surface area contributed by atoms with E-state index in [1.165, 1.54) is 9.91 Å². The van der Waals surface area contributed by atoms with Gasteiger partial charge in [-0.05, 0) is 36.8 Å². The summed E-state index contributed by atoms with van der Waals surface area (Å²) in [6.07, 6.45) is -2.17. The van der Waals surface area contributed by atoms with Crippen LogP contribution in [0.5, 0.6) is 0 Å². The highest BCUT2D eigenvalue weighted by Gasteiger charge is 2.39. The number of hydrazone groups is 1. The summed E-state index contributed by atoms with van der Waals surface area (Å²) in [6.45, 7) is 2.14. The van der Waals surface area contributed by atoms with Crippen LogP contribution in [0.1, 0.15) is 30.7 Å². The number of carbonyl (C=O) groups excluding carboxylic acids is 1. The number of nitrogens with zero attached hydrogens (tertiary/aromatic N) is 4. The van der Waals surface area contributed by atoms with Crippen molar-refractivity contribution in [3.8, 4) is 0 Å². The van der Waals surface area contributed by atoms with E-state index < -0.39 is 18.8 Å². The van der Waals surface area contributed by atoms with E-state index in [9.17, 15) is 18.0 Å². The van der Waals surface area contributed by atoms with Crippen LogP contribution in [0.15, 0.2) is 52.2 Å². The van der Waals surface area contributed by atoms with E-state index in [1.807, 2.05) is 23.1 Å². The summed E-state index contributed by atoms with van der Waals surface area (Å²) in [6, 6.07) is 9.94. The maximum Gasteiger partial charge on any atom is 0.401 e. The van der Waals surface area contributed by atoms with E-state index >= 15 is 0 Å². The van der Waals surface area contributed by atoms with Crippen LogP contribution in [0.4, 0.5) is 13.2 Å². The van der Waals surface area contributed by atoms with Crippen molar-refractivity contribution in [1.29, 1.82) is 0 Å². The minimum atomic E-state index is -4.22. The molecule has 0 bridgehead atoms. The Labute approximate surface area is 189 Å². The van der Waals surface area contributed by atoms with Crippen molar-refractivity contribution < 1.29 is 22.4 Å². The first kappa shape index (κ1) is 22.8. The van der Waals surface area contributed by atoms with E-state index in [2.05, 4.69) is 5.10 Å². The summed E-state index contributed by atoms with van der Waals surface area (Å²) in [4.78, 5) is 16.7. The molecule has 10 heteroatoms. The lowest BCUT2D eigenvalue weighted by Gasteiger charge is -2.38. The summed E-state index contributed by atoms with van der Waals surface area (Å²) in [7, 11) is 0. The molecule has 3 heterocycles. The molecule has 0 radical (unpaired) electrons. The Morgan fingerprint density at radius 2 is 1.88 bits per heavy atom. The van der Waals surface area contributed by atoms with E-state index in [1.54, 1.807) is 31.4 Å². The Morgan fingerprint density at radius 1 is 1.19 bits per heavy atom. The van der Waals surface area contributed by atoms with Gasteiger partial charge in [0, 0.05) is 37.6 Å². The van der Waals surface area contributed by atoms with Crippen molar-refractivity contribution in [3.63, 3.8) is 0 Å². The van der Waals surface area contributed by atoms with Gasteiger partial charge in [-0.1, -0.05) is 23.7 Å². The van der Waals surface area contributed by atoms with Crippen LogP contribution in [-0.4, -0.2) is 71.4 Å². The molecule has 172 valence electrons. The number of halogens is 4. The van der Waals surface area contributed by atoms with Crippen LogP contribution < -0.4 is 0 Å². The van der Waals surface area contributed by atoms with Gasteiger partial charge in [0.05, 0.1) is 24.6 Å². The van der Waals surface area contributed by atoms with Gasteiger partial charge in [0.1, 0.15) is 11.8 Å². The zero-order valence-corrected chi connectivity index (χ0v) is 18.3. The average Bonchev–Trinajstić information content (AvgIpc) is 3.42. The van der Waals surface area contributed by atoms with Crippen LogP contribution in [0.3, 0.4) is 0 Å². The van der Waals surface area contributed by atoms with E-state index in [0.29, 0.717) is 30.3 Å². The van der Waals surface area contributed by atoms with Crippen molar-refractivity contribution in [2.75, 3.05) is 32.7 Å². The molecule has 1 fully saturated rings. The normalized spacial score (nSPS) is 21.6. The molecule has 2 unspecified atom stereocenters. The number of hydrogen-bond acceptors (Lipinski definition) is 5. The molecule has 1 aromatic heterocycles. The van der Waals surface area contributed by atoms with Crippen LogP contribution in [-0.2, 0) is 4.79 Å². The molecule has 2 aliphatic rings. The Hall–Kier alpha value is -2.36. The van der Waals surface area contributed by atoms with Crippen molar-refractivity contribution in [1.82, 2.24) is 14.8 Å². The molecule has 6 nitrogen and oxygen atoms in total. The van der Waals surface area contributed by atoms with Gasteiger partial charge in [-0.3, -0.25) is 14.6 Å². The van der Waals surface area contributed by atoms with E-state index in [4.69, 9.17) is 16.0 Å². The highest BCUT2D eigenvalue weighted by atomic mass is 35.5. The SMILES string of the molecule is CC(C(=O)N1N=C(c2ccc(Cl)cc2)CC1c1ccco1)N1CCN(CC(F)(F)F)CC1. The van der Waals surface area contributed by atoms with Gasteiger partial charge in [0.25, 0.3) is 5.91 Å². The molecule has 2 aliphatic heterocycles. The molecule has 2 aromatic rings. The lowest BCUT2D eigenvalue weighted by molar-refractivity contribution is -0.152. The fourth-order valence-corrected chi connectivity index (χ4v) is 4.27. The number of rotatable bonds is 5. The van der Waals surface area contributed by atoms with Crippen molar-refractivity contribution in [2.24, 2.45) is 5.10 Å². The lowest BCUT2D eigenvalue weighted by Crippen LogP contribution is -2.55. The Morgan fingerprint density at radius 3 is 2.47 bits per heavy atom. The second-order valence-electron chi connectivity index (χ2n) is 8.08. The maximum atomic E-state index is 13.4. The van der Waals surface area contributed by atoms with Crippen LogP contribution >= 0.6 is 11.6 Å². The van der Waals surface area contributed by atoms with Gasteiger partial charge in [-0.2, -0.15) is 18.3 Å². The highest BCUT2D eigenvalue weighted by Crippen LogP contribution is 2.34. The third-order valence-electron chi connectivity index (χ3n) is 5.90. The molecular formula is C22H24ClF3N4O2. The third-order valence-corrected chi connectivity index (χ3v) is 6.15. The predicted molar refractivity (Wildman–Crippen MR) is 114 cm³/mol. The van der Waals surface area contributed by atoms with Gasteiger partial charge in [0.2, 0.25) is 0 Å². The highest BCUT2D eigenvalue weighted by molar-refractivity contribution is 6.30. The van der Waals surface area contributed by atoms with Crippen molar-refractivity contribution in [3.05, 3.63) is 59.0 Å². The standard InChI is InChI=1S/C22H24ClF3N4O2/c1-15(29-10-8-28(9-11-29)14-22(24,25)26)21(31)30-19(20-3-2-12-32-20)13-18(27-30)16-4-6-17(23)7-5-16/h2-7,12,15,19H,8-11,13-14H2,1H3. The lowest BCUT2D eigenvalue weighted by atomic mass is 10.0. The molecule has 2 atom stereocenters. The van der Waals surface area contributed by atoms with Gasteiger partial charge in [0.15, 0.2) is 0 Å². The topological polar surface area (TPSA) is 52.3 Å². The largest absolute Gasteiger partial charge is 0.467 e. The first-order chi connectivity index (χ1) is 15.2. The predicted octanol–water partition coefficient (Wildman–Crippen LogP) is 4.18. The average molecular weight is 469 g/mol. The number of hydrogen-bond donors (Lipinski definition) is 0. The summed E-state index contributed by atoms with van der Waals surface area (Å²) in [5, 5.41) is 6.68. The number of furan rings is 1. The molecule has 0 aliphatic carbocycles. The maximum absolute atomic E-state index is 13.4. The molecule has 0 spiro atoms. The molecular weight excluding hydrogens is 445 g/mol. The summed E-state index contributed by atoms with van der Waals surface area (Å²) in [5.74, 6) is 0.424. The summed E-state index contributed by atoms with van der Waals surface area (Å²) >= 11 is 5.99. The van der Waals surface area contributed by atoms with Gasteiger partial charge >= 0.3 is 6.18 Å². The smallest absolute Gasteiger partial charge is 0.401 e. The molecule has 1 amide bonds. The second-order valence-corrected chi connectivity index (χ2v) is 8.51. The van der Waals surface area contributed by atoms with Crippen molar-refractivity contribution in [2.45, 2.75) is 31.6 Å². The number of alkyl halides is 3. The molecule has 1 saturated heterocycles. The fraction of sp³-hybridized carbons (Fsp3) is 0.455. The van der Waals surface area contributed by atoms with Gasteiger partial charge in [-0.15, -0.1) is 0 Å². The Kier molecular flexibility index (Phi) is 6.60. The van der Waals surface area contributed by atoms with Crippen LogP contribution in [0, 0.1) is 0 Å². The summed E-state index contributed by atoms with van der Waals surface area (Å²) < 4.78 is 43.5. The molecule has 0 saturated carbocycles. The van der Waals surface area contributed by atoms with E-state index in [0.717, 1.165) is 11.3 Å². The van der Waals surface area contributed by atoms with Gasteiger partial charge < -0.3 is 4.42 Å². The molecule has 0 N–H and O–H groups in total. The summed E-state index contributed by atoms with van der Waals surface area (Å²) in [5.41, 5.74) is 1.62. The van der Waals surface area contributed by atoms with Crippen molar-refractivity contribution >= 4 is 23.2 Å². The zero-order valence-electron chi connectivity index (χ0n) is 17.6. The first-order valence-electron chi connectivity index (χ1n) is 10.4. The Balaban J connectivity index is 1.49. The Bertz CT molecular complexity index is 955. The molecule has 32 heavy (non-hydrogen) atoms. The minimum absolute atomic E-state index is 0.209. The second kappa shape index (κ2) is 9.25. The first-order valence-corrected chi connectivity index (χ1v) is 10.8. The van der Waals surface area contributed by atoms with Crippen LogP contribution in [0.2, 0.25) is 5.02 Å². The number of carbonyl (C=O) groups is 1. The monoisotopic (exact) mass is 468 g/mol. The van der Waals surface area contributed by atoms with Crippen LogP contribution in [0.25, 0.3) is 0 Å². The number of benzene rings is 1. The third kappa shape index (κ3) is 5.16. The number of piperazine rings is 1. The number of amides is 1. The quantitative estimate of drug-likeness (QED) is 0.660. The van der Waals surface area contributed by atoms with Gasteiger partial charge in [-0.25, -0.2) is 5.01 Å². The zero-order chi connectivity index (χ0) is 22.9. The molecule has 1 aromatic carbocycles.